The van der Waals surface area contributed by atoms with Crippen LogP contribution in [0.2, 0.25) is 0 Å². The number of furan rings is 1. The van der Waals surface area contributed by atoms with E-state index < -0.39 is 30.0 Å². The van der Waals surface area contributed by atoms with Gasteiger partial charge in [-0.2, -0.15) is 0 Å². The Labute approximate surface area is 153 Å². The Hall–Kier alpha value is -3.48. The standard InChI is InChI=1S/C20H14FNO5/c1-11-14-8-12(21)6-7-17(14)27-19(11)15(23)9-22-18(24)10-26-16-5-3-2-4-13(16)20(22)25/h2-8H,9-10H2,1H3. The number of aryl methyl sites for hydroxylation is 1. The molecule has 7 heteroatoms. The van der Waals surface area contributed by atoms with E-state index in [0.717, 1.165) is 4.90 Å². The minimum atomic E-state index is -0.621. The number of fused-ring (bicyclic) bond motifs is 2. The van der Waals surface area contributed by atoms with Crippen LogP contribution in [0, 0.1) is 12.7 Å². The largest absolute Gasteiger partial charge is 0.483 e. The van der Waals surface area contributed by atoms with Gasteiger partial charge in [0.25, 0.3) is 11.8 Å². The van der Waals surface area contributed by atoms with Crippen LogP contribution in [-0.2, 0) is 4.79 Å². The molecule has 0 saturated heterocycles. The fraction of sp³-hybridized carbons (Fsp3) is 0.150. The highest BCUT2D eigenvalue weighted by Gasteiger charge is 2.32. The fourth-order valence-electron chi connectivity index (χ4n) is 3.08. The monoisotopic (exact) mass is 367 g/mol. The first kappa shape index (κ1) is 17.0. The molecule has 0 fully saturated rings. The summed E-state index contributed by atoms with van der Waals surface area (Å²) in [6, 6.07) is 10.4. The first-order valence-corrected chi connectivity index (χ1v) is 8.24. The van der Waals surface area contributed by atoms with Gasteiger partial charge in [-0.3, -0.25) is 19.3 Å². The predicted octanol–water partition coefficient (Wildman–Crippen LogP) is 3.12. The van der Waals surface area contributed by atoms with Crippen LogP contribution >= 0.6 is 0 Å². The van der Waals surface area contributed by atoms with Gasteiger partial charge < -0.3 is 9.15 Å². The molecule has 3 aromatic rings. The molecule has 0 saturated carbocycles. The summed E-state index contributed by atoms with van der Waals surface area (Å²) in [6.45, 7) is 0.794. The molecule has 136 valence electrons. The van der Waals surface area contributed by atoms with Gasteiger partial charge in [0.2, 0.25) is 5.78 Å². The number of para-hydroxylation sites is 1. The van der Waals surface area contributed by atoms with Crippen LogP contribution in [0.3, 0.4) is 0 Å². The van der Waals surface area contributed by atoms with E-state index in [4.69, 9.17) is 9.15 Å². The number of ketones is 1. The average Bonchev–Trinajstić information content (AvgIpc) is 2.94. The van der Waals surface area contributed by atoms with E-state index >= 15 is 0 Å². The molecule has 4 rings (SSSR count). The van der Waals surface area contributed by atoms with Crippen LogP contribution in [0.25, 0.3) is 11.0 Å². The number of halogens is 1. The van der Waals surface area contributed by atoms with Crippen LogP contribution in [0.5, 0.6) is 5.75 Å². The summed E-state index contributed by atoms with van der Waals surface area (Å²) in [5.74, 6) is -1.94. The van der Waals surface area contributed by atoms with E-state index in [1.165, 1.54) is 24.3 Å². The molecular formula is C20H14FNO5. The summed E-state index contributed by atoms with van der Waals surface area (Å²) in [6.07, 6.45) is 0. The molecule has 1 aliphatic rings. The maximum atomic E-state index is 13.5. The minimum absolute atomic E-state index is 0.00495. The number of nitrogens with zero attached hydrogens (tertiary/aromatic N) is 1. The van der Waals surface area contributed by atoms with Gasteiger partial charge in [0, 0.05) is 10.9 Å². The smallest absolute Gasteiger partial charge is 0.267 e. The van der Waals surface area contributed by atoms with Gasteiger partial charge in [0.15, 0.2) is 12.4 Å². The number of benzene rings is 2. The van der Waals surface area contributed by atoms with Crippen molar-refractivity contribution in [3.8, 4) is 5.75 Å². The lowest BCUT2D eigenvalue weighted by Gasteiger charge is -2.16. The summed E-state index contributed by atoms with van der Waals surface area (Å²) in [4.78, 5) is 38.6. The zero-order chi connectivity index (χ0) is 19.1. The normalized spacial score (nSPS) is 14.1. The van der Waals surface area contributed by atoms with Crippen molar-refractivity contribution in [2.75, 3.05) is 13.2 Å². The highest BCUT2D eigenvalue weighted by Crippen LogP contribution is 2.27. The van der Waals surface area contributed by atoms with Gasteiger partial charge in [-0.25, -0.2) is 4.39 Å². The molecule has 0 radical (unpaired) electrons. The van der Waals surface area contributed by atoms with Crippen LogP contribution < -0.4 is 4.74 Å². The van der Waals surface area contributed by atoms with E-state index in [2.05, 4.69) is 0 Å². The third-order valence-corrected chi connectivity index (χ3v) is 4.47. The van der Waals surface area contributed by atoms with Crippen molar-refractivity contribution >= 4 is 28.6 Å². The lowest BCUT2D eigenvalue weighted by atomic mass is 10.1. The number of hydrogen-bond donors (Lipinski definition) is 0. The Balaban J connectivity index is 1.67. The molecule has 0 atom stereocenters. The SMILES string of the molecule is Cc1c(C(=O)CN2C(=O)COc3ccccc3C2=O)oc2ccc(F)cc12. The summed E-state index contributed by atoms with van der Waals surface area (Å²) in [5.41, 5.74) is 1.03. The van der Waals surface area contributed by atoms with Gasteiger partial charge in [-0.05, 0) is 37.3 Å². The predicted molar refractivity (Wildman–Crippen MR) is 93.2 cm³/mol. The van der Waals surface area contributed by atoms with Gasteiger partial charge in [0.1, 0.15) is 17.1 Å². The number of hydrogen-bond acceptors (Lipinski definition) is 5. The Morgan fingerprint density at radius 1 is 1.19 bits per heavy atom. The number of ether oxygens (including phenoxy) is 1. The number of imide groups is 1. The first-order valence-electron chi connectivity index (χ1n) is 8.24. The molecule has 2 heterocycles. The number of Topliss-reactive ketones (excluding diaryl/α,β-unsaturated/α-hetero) is 1. The highest BCUT2D eigenvalue weighted by atomic mass is 19.1. The zero-order valence-corrected chi connectivity index (χ0v) is 14.3. The molecule has 0 N–H and O–H groups in total. The number of amides is 2. The second-order valence-electron chi connectivity index (χ2n) is 6.19. The van der Waals surface area contributed by atoms with Crippen LogP contribution in [0.15, 0.2) is 46.9 Å². The molecule has 0 aliphatic carbocycles. The van der Waals surface area contributed by atoms with Crippen molar-refractivity contribution in [1.29, 1.82) is 0 Å². The Morgan fingerprint density at radius 3 is 2.78 bits per heavy atom. The Morgan fingerprint density at radius 2 is 1.96 bits per heavy atom. The second-order valence-corrected chi connectivity index (χ2v) is 6.19. The molecule has 1 aliphatic heterocycles. The van der Waals surface area contributed by atoms with Gasteiger partial charge in [-0.1, -0.05) is 12.1 Å². The zero-order valence-electron chi connectivity index (χ0n) is 14.3. The summed E-state index contributed by atoms with van der Waals surface area (Å²) in [7, 11) is 0. The molecule has 0 spiro atoms. The third kappa shape index (κ3) is 2.87. The minimum Gasteiger partial charge on any atom is -0.483 e. The lowest BCUT2D eigenvalue weighted by molar-refractivity contribution is -0.129. The van der Waals surface area contributed by atoms with E-state index in [1.807, 2.05) is 0 Å². The van der Waals surface area contributed by atoms with E-state index in [0.29, 0.717) is 22.3 Å². The molecule has 1 aromatic heterocycles. The van der Waals surface area contributed by atoms with Crippen molar-refractivity contribution in [3.63, 3.8) is 0 Å². The maximum Gasteiger partial charge on any atom is 0.267 e. The van der Waals surface area contributed by atoms with Crippen LogP contribution in [-0.4, -0.2) is 35.6 Å². The van der Waals surface area contributed by atoms with Crippen molar-refractivity contribution < 1.29 is 27.9 Å². The van der Waals surface area contributed by atoms with E-state index in [1.54, 1.807) is 25.1 Å². The number of rotatable bonds is 3. The Kier molecular flexibility index (Phi) is 3.99. The molecule has 2 amide bonds. The fourth-order valence-corrected chi connectivity index (χ4v) is 3.08. The van der Waals surface area contributed by atoms with Gasteiger partial charge in [0.05, 0.1) is 12.1 Å². The van der Waals surface area contributed by atoms with Crippen LogP contribution in [0.1, 0.15) is 26.5 Å². The lowest BCUT2D eigenvalue weighted by Crippen LogP contribution is -2.41. The first-order chi connectivity index (χ1) is 13.0. The Bertz CT molecular complexity index is 1100. The third-order valence-electron chi connectivity index (χ3n) is 4.47. The summed E-state index contributed by atoms with van der Waals surface area (Å²) in [5, 5.41) is 0.473. The molecule has 27 heavy (non-hydrogen) atoms. The van der Waals surface area contributed by atoms with Crippen molar-refractivity contribution in [1.82, 2.24) is 4.90 Å². The molecule has 0 bridgehead atoms. The molecule has 2 aromatic carbocycles. The van der Waals surface area contributed by atoms with E-state index in [-0.39, 0.29) is 17.9 Å². The van der Waals surface area contributed by atoms with Crippen molar-refractivity contribution in [2.45, 2.75) is 6.92 Å². The van der Waals surface area contributed by atoms with Gasteiger partial charge >= 0.3 is 0 Å². The second kappa shape index (κ2) is 6.35. The summed E-state index contributed by atoms with van der Waals surface area (Å²) >= 11 is 0. The van der Waals surface area contributed by atoms with Crippen LogP contribution in [0.4, 0.5) is 4.39 Å². The topological polar surface area (TPSA) is 76.8 Å². The highest BCUT2D eigenvalue weighted by molar-refractivity contribution is 6.11. The number of carbonyl (C=O) groups excluding carboxylic acids is 3. The summed E-state index contributed by atoms with van der Waals surface area (Å²) < 4.78 is 24.3. The molecule has 6 nitrogen and oxygen atoms in total. The molecular weight excluding hydrogens is 353 g/mol. The van der Waals surface area contributed by atoms with Crippen molar-refractivity contribution in [2.24, 2.45) is 0 Å². The average molecular weight is 367 g/mol. The van der Waals surface area contributed by atoms with E-state index in [9.17, 15) is 18.8 Å². The maximum absolute atomic E-state index is 13.5. The van der Waals surface area contributed by atoms with Crippen molar-refractivity contribution in [3.05, 3.63) is 65.2 Å². The quantitative estimate of drug-likeness (QED) is 0.525. The number of carbonyl (C=O) groups is 3. The molecule has 0 unspecified atom stereocenters. The van der Waals surface area contributed by atoms with Gasteiger partial charge in [-0.15, -0.1) is 0 Å².